The summed E-state index contributed by atoms with van der Waals surface area (Å²) in [6, 6.07) is 6.43. The second-order valence-electron chi connectivity index (χ2n) is 5.78. The Morgan fingerprint density at radius 2 is 2.17 bits per heavy atom. The van der Waals surface area contributed by atoms with Gasteiger partial charge in [-0.05, 0) is 30.0 Å². The molecule has 0 saturated carbocycles. The van der Waals surface area contributed by atoms with Gasteiger partial charge in [0.2, 0.25) is 4.96 Å². The molecule has 0 aliphatic rings. The van der Waals surface area contributed by atoms with Gasteiger partial charge in [0.15, 0.2) is 10.2 Å². The Bertz CT molecular complexity index is 798. The molecule has 3 aromatic rings. The van der Waals surface area contributed by atoms with Crippen LogP contribution < -0.4 is 5.73 Å². The molecule has 122 valence electrons. The molecule has 0 saturated heterocycles. The Morgan fingerprint density at radius 3 is 2.91 bits per heavy atom. The number of benzene rings is 1. The van der Waals surface area contributed by atoms with Crippen LogP contribution in [0.5, 0.6) is 0 Å². The van der Waals surface area contributed by atoms with Gasteiger partial charge in [0, 0.05) is 5.75 Å². The minimum Gasteiger partial charge on any atom is -0.321 e. The molecule has 0 aliphatic carbocycles. The first-order valence-electron chi connectivity index (χ1n) is 7.38. The predicted octanol–water partition coefficient (Wildman–Crippen LogP) is 3.66. The molecule has 2 aromatic heterocycles. The third kappa shape index (κ3) is 3.88. The monoisotopic (exact) mass is 351 g/mol. The maximum atomic E-state index is 13.2. The van der Waals surface area contributed by atoms with Crippen LogP contribution in [0.3, 0.4) is 0 Å². The summed E-state index contributed by atoms with van der Waals surface area (Å²) in [5.74, 6) is 1.62. The van der Waals surface area contributed by atoms with E-state index in [0.29, 0.717) is 17.5 Å². The molecule has 0 fully saturated rings. The quantitative estimate of drug-likeness (QED) is 0.686. The molecule has 0 aliphatic heterocycles. The third-order valence-electron chi connectivity index (χ3n) is 3.30. The smallest absolute Gasteiger partial charge is 0.235 e. The van der Waals surface area contributed by atoms with E-state index < -0.39 is 0 Å². The molecule has 2 N–H and O–H groups in total. The van der Waals surface area contributed by atoms with E-state index in [4.69, 9.17) is 5.73 Å². The van der Waals surface area contributed by atoms with Crippen molar-refractivity contribution >= 4 is 28.1 Å². The van der Waals surface area contributed by atoms with Gasteiger partial charge in [-0.3, -0.25) is 0 Å². The van der Waals surface area contributed by atoms with Gasteiger partial charge in [-0.25, -0.2) is 4.39 Å². The molecule has 5 nitrogen and oxygen atoms in total. The highest BCUT2D eigenvalue weighted by Gasteiger charge is 2.18. The Kier molecular flexibility index (Phi) is 4.93. The largest absolute Gasteiger partial charge is 0.321 e. The number of fused-ring (bicyclic) bond motifs is 1. The zero-order valence-corrected chi connectivity index (χ0v) is 14.6. The van der Waals surface area contributed by atoms with Crippen LogP contribution in [0.4, 0.5) is 4.39 Å². The van der Waals surface area contributed by atoms with Crippen LogP contribution in [-0.2, 0) is 5.75 Å². The van der Waals surface area contributed by atoms with E-state index in [0.717, 1.165) is 21.3 Å². The fraction of sp³-hybridized carbons (Fsp3) is 0.400. The molecule has 2 heterocycles. The van der Waals surface area contributed by atoms with Gasteiger partial charge in [0.05, 0.1) is 6.04 Å². The Morgan fingerprint density at radius 1 is 1.35 bits per heavy atom. The lowest BCUT2D eigenvalue weighted by Crippen LogP contribution is -2.16. The lowest BCUT2D eigenvalue weighted by Gasteiger charge is -2.10. The van der Waals surface area contributed by atoms with E-state index in [2.05, 4.69) is 29.1 Å². The summed E-state index contributed by atoms with van der Waals surface area (Å²) in [5, 5.41) is 12.8. The molecule has 1 aromatic carbocycles. The van der Waals surface area contributed by atoms with Crippen molar-refractivity contribution in [2.24, 2.45) is 11.7 Å². The van der Waals surface area contributed by atoms with E-state index in [-0.39, 0.29) is 11.9 Å². The first-order valence-corrected chi connectivity index (χ1v) is 9.18. The van der Waals surface area contributed by atoms with Crippen molar-refractivity contribution in [3.05, 3.63) is 41.5 Å². The van der Waals surface area contributed by atoms with Crippen LogP contribution >= 0.6 is 23.1 Å². The summed E-state index contributed by atoms with van der Waals surface area (Å²) in [5.41, 5.74) is 7.12. The van der Waals surface area contributed by atoms with E-state index >= 15 is 0 Å². The second kappa shape index (κ2) is 6.94. The first-order chi connectivity index (χ1) is 11.0. The molecule has 23 heavy (non-hydrogen) atoms. The zero-order valence-electron chi connectivity index (χ0n) is 12.9. The van der Waals surface area contributed by atoms with Crippen molar-refractivity contribution in [1.29, 1.82) is 0 Å². The van der Waals surface area contributed by atoms with Crippen LogP contribution in [0.15, 0.2) is 28.6 Å². The maximum absolute atomic E-state index is 13.2. The summed E-state index contributed by atoms with van der Waals surface area (Å²) < 4.78 is 15.8. The molecule has 8 heteroatoms. The van der Waals surface area contributed by atoms with Crippen LogP contribution in [0.25, 0.3) is 4.96 Å². The molecule has 0 spiro atoms. The third-order valence-corrected chi connectivity index (χ3v) is 5.41. The number of nitrogens with two attached hydrogens (primary N) is 1. The minimum atomic E-state index is -0.219. The highest BCUT2D eigenvalue weighted by molar-refractivity contribution is 8.00. The Hall–Kier alpha value is -1.51. The van der Waals surface area contributed by atoms with Gasteiger partial charge in [0.25, 0.3) is 0 Å². The van der Waals surface area contributed by atoms with Crippen molar-refractivity contribution in [2.45, 2.75) is 36.4 Å². The number of hydrogen-bond donors (Lipinski definition) is 1. The van der Waals surface area contributed by atoms with Gasteiger partial charge in [-0.2, -0.15) is 4.52 Å². The number of rotatable bonds is 6. The van der Waals surface area contributed by atoms with Gasteiger partial charge in [-0.1, -0.05) is 49.1 Å². The SMILES string of the molecule is CC(C)C[C@H](N)c1nnc2sc(SCc3cccc(F)c3)nn12. The van der Waals surface area contributed by atoms with Gasteiger partial charge in [-0.15, -0.1) is 15.3 Å². The van der Waals surface area contributed by atoms with Gasteiger partial charge >= 0.3 is 0 Å². The molecule has 1 atom stereocenters. The van der Waals surface area contributed by atoms with Crippen molar-refractivity contribution < 1.29 is 4.39 Å². The molecule has 0 bridgehead atoms. The average molecular weight is 351 g/mol. The van der Waals surface area contributed by atoms with Crippen molar-refractivity contribution in [3.8, 4) is 0 Å². The van der Waals surface area contributed by atoms with Crippen LogP contribution in [-0.4, -0.2) is 19.8 Å². The number of halogens is 1. The van der Waals surface area contributed by atoms with Crippen LogP contribution in [0, 0.1) is 11.7 Å². The normalized spacial score (nSPS) is 13.1. The summed E-state index contributed by atoms with van der Waals surface area (Å²) in [6.45, 7) is 4.25. The van der Waals surface area contributed by atoms with Crippen molar-refractivity contribution in [1.82, 2.24) is 19.8 Å². The zero-order chi connectivity index (χ0) is 16.4. The highest BCUT2D eigenvalue weighted by Crippen LogP contribution is 2.29. The van der Waals surface area contributed by atoms with E-state index in [1.807, 2.05) is 6.07 Å². The lowest BCUT2D eigenvalue weighted by atomic mass is 10.0. The first kappa shape index (κ1) is 16.4. The van der Waals surface area contributed by atoms with Crippen molar-refractivity contribution in [3.63, 3.8) is 0 Å². The predicted molar refractivity (Wildman–Crippen MR) is 91.0 cm³/mol. The molecule has 0 radical (unpaired) electrons. The molecule has 3 rings (SSSR count). The average Bonchev–Trinajstić information content (AvgIpc) is 3.04. The Labute approximate surface area is 142 Å². The molecule has 0 amide bonds. The minimum absolute atomic E-state index is 0.173. The fourth-order valence-corrected chi connectivity index (χ4v) is 4.12. The van der Waals surface area contributed by atoms with E-state index in [1.165, 1.54) is 23.5 Å². The number of hydrogen-bond acceptors (Lipinski definition) is 6. The van der Waals surface area contributed by atoms with E-state index in [9.17, 15) is 4.39 Å². The molecular weight excluding hydrogens is 333 g/mol. The highest BCUT2D eigenvalue weighted by atomic mass is 32.2. The fourth-order valence-electron chi connectivity index (χ4n) is 2.29. The van der Waals surface area contributed by atoms with Gasteiger partial charge in [0.1, 0.15) is 5.82 Å². The summed E-state index contributed by atoms with van der Waals surface area (Å²) in [7, 11) is 0. The lowest BCUT2D eigenvalue weighted by molar-refractivity contribution is 0.485. The number of nitrogens with zero attached hydrogens (tertiary/aromatic N) is 4. The van der Waals surface area contributed by atoms with Crippen molar-refractivity contribution in [2.75, 3.05) is 0 Å². The summed E-state index contributed by atoms with van der Waals surface area (Å²) in [4.78, 5) is 0.737. The Balaban J connectivity index is 1.74. The summed E-state index contributed by atoms with van der Waals surface area (Å²) >= 11 is 3.03. The van der Waals surface area contributed by atoms with E-state index in [1.54, 1.807) is 22.3 Å². The van der Waals surface area contributed by atoms with Gasteiger partial charge < -0.3 is 5.73 Å². The topological polar surface area (TPSA) is 69.1 Å². The second-order valence-corrected chi connectivity index (χ2v) is 7.95. The standard InChI is InChI=1S/C15H18FN5S2/c1-9(2)6-12(17)13-18-19-14-21(13)20-15(23-14)22-8-10-4-3-5-11(16)7-10/h3-5,7,9,12H,6,8,17H2,1-2H3/t12-/m0/s1. The molecule has 0 unspecified atom stereocenters. The van der Waals surface area contributed by atoms with Crippen LogP contribution in [0.1, 0.15) is 37.7 Å². The molecular formula is C15H18FN5S2. The summed E-state index contributed by atoms with van der Waals surface area (Å²) in [6.07, 6.45) is 0.837. The van der Waals surface area contributed by atoms with Crippen LogP contribution in [0.2, 0.25) is 0 Å². The number of aromatic nitrogens is 4. The number of thioether (sulfide) groups is 1. The maximum Gasteiger partial charge on any atom is 0.235 e.